The van der Waals surface area contributed by atoms with Crippen LogP contribution in [0.25, 0.3) is 0 Å². The number of amides is 1. The molecule has 1 aliphatic heterocycles. The summed E-state index contributed by atoms with van der Waals surface area (Å²) in [4.78, 5) is 15.2. The highest BCUT2D eigenvalue weighted by molar-refractivity contribution is 5.83. The molecule has 4 saturated carbocycles. The second-order valence-electron chi connectivity index (χ2n) is 7.92. The van der Waals surface area contributed by atoms with Gasteiger partial charge in [0.1, 0.15) is 0 Å². The van der Waals surface area contributed by atoms with Crippen molar-refractivity contribution in [2.24, 2.45) is 23.2 Å². The first-order valence-electron chi connectivity index (χ1n) is 8.12. The normalized spacial score (nSPS) is 48.7. The molecule has 19 heavy (non-hydrogen) atoms. The van der Waals surface area contributed by atoms with Gasteiger partial charge in [-0.3, -0.25) is 4.79 Å². The number of nitrogens with one attached hydrogen (secondary N) is 1. The number of hydrogen-bond acceptors (Lipinski definition) is 2. The third kappa shape index (κ3) is 2.01. The summed E-state index contributed by atoms with van der Waals surface area (Å²) in [6.07, 6.45) is 8.94. The molecule has 4 bridgehead atoms. The fraction of sp³-hybridized carbons (Fsp3) is 0.938. The van der Waals surface area contributed by atoms with Gasteiger partial charge in [0, 0.05) is 18.0 Å². The molecule has 3 nitrogen and oxygen atoms in total. The molecule has 1 atom stereocenters. The van der Waals surface area contributed by atoms with Gasteiger partial charge in [-0.05, 0) is 76.3 Å². The first-order chi connectivity index (χ1) is 9.13. The molecule has 1 saturated heterocycles. The summed E-state index contributed by atoms with van der Waals surface area (Å²) in [7, 11) is 2.15. The summed E-state index contributed by atoms with van der Waals surface area (Å²) in [5.41, 5.74) is 0.0376. The van der Waals surface area contributed by atoms with Crippen molar-refractivity contribution >= 4 is 5.91 Å². The quantitative estimate of drug-likeness (QED) is 0.826. The van der Waals surface area contributed by atoms with E-state index in [0.717, 1.165) is 37.3 Å². The highest BCUT2D eigenvalue weighted by Gasteiger charge is 2.54. The SMILES string of the molecule is CN1CCC(NC(=O)C23CC4CC(CC(C4)C2)C3)C1. The highest BCUT2D eigenvalue weighted by atomic mass is 16.2. The number of carbonyl (C=O) groups excluding carboxylic acids is 1. The lowest BCUT2D eigenvalue weighted by atomic mass is 9.49. The molecule has 1 heterocycles. The number of likely N-dealkylation sites (tertiary alicyclic amines) is 1. The summed E-state index contributed by atoms with van der Waals surface area (Å²) < 4.78 is 0. The smallest absolute Gasteiger partial charge is 0.226 e. The van der Waals surface area contributed by atoms with Crippen LogP contribution in [0.2, 0.25) is 0 Å². The number of hydrogen-bond donors (Lipinski definition) is 1. The van der Waals surface area contributed by atoms with Gasteiger partial charge in [0.25, 0.3) is 0 Å². The molecule has 0 spiro atoms. The molecule has 1 amide bonds. The maximum absolute atomic E-state index is 12.8. The summed E-state index contributed by atoms with van der Waals surface area (Å²) in [6.45, 7) is 2.17. The minimum atomic E-state index is 0.0376. The standard InChI is InChI=1S/C16H26N2O/c1-18-3-2-14(10-18)17-15(19)16-7-11-4-12(8-16)6-13(5-11)9-16/h11-14H,2-10H2,1H3,(H,17,19). The van der Waals surface area contributed by atoms with Crippen LogP contribution in [-0.2, 0) is 4.79 Å². The third-order valence-electron chi connectivity index (χ3n) is 6.25. The van der Waals surface area contributed by atoms with Gasteiger partial charge in [0.15, 0.2) is 0 Å². The molecule has 5 aliphatic rings. The largest absolute Gasteiger partial charge is 0.352 e. The van der Waals surface area contributed by atoms with Crippen molar-refractivity contribution in [3.05, 3.63) is 0 Å². The molecular formula is C16H26N2O. The van der Waals surface area contributed by atoms with Gasteiger partial charge in [-0.2, -0.15) is 0 Å². The van der Waals surface area contributed by atoms with Crippen LogP contribution in [0, 0.1) is 23.2 Å². The van der Waals surface area contributed by atoms with E-state index in [9.17, 15) is 4.79 Å². The lowest BCUT2D eigenvalue weighted by Crippen LogP contribution is -2.55. The van der Waals surface area contributed by atoms with Crippen molar-refractivity contribution in [3.63, 3.8) is 0 Å². The number of carbonyl (C=O) groups is 1. The Morgan fingerprint density at radius 1 is 1.11 bits per heavy atom. The predicted octanol–water partition coefficient (Wildman–Crippen LogP) is 2.02. The molecule has 106 valence electrons. The second kappa shape index (κ2) is 4.21. The van der Waals surface area contributed by atoms with E-state index in [1.54, 1.807) is 0 Å². The van der Waals surface area contributed by atoms with E-state index < -0.39 is 0 Å². The van der Waals surface area contributed by atoms with Crippen LogP contribution in [0.3, 0.4) is 0 Å². The zero-order chi connectivity index (χ0) is 13.0. The zero-order valence-corrected chi connectivity index (χ0v) is 12.0. The van der Waals surface area contributed by atoms with Gasteiger partial charge in [-0.15, -0.1) is 0 Å². The van der Waals surface area contributed by atoms with Gasteiger partial charge >= 0.3 is 0 Å². The molecule has 0 aromatic heterocycles. The molecule has 5 fully saturated rings. The minimum Gasteiger partial charge on any atom is -0.352 e. The average molecular weight is 262 g/mol. The van der Waals surface area contributed by atoms with Crippen molar-refractivity contribution in [2.75, 3.05) is 20.1 Å². The lowest BCUT2D eigenvalue weighted by molar-refractivity contribution is -0.146. The Bertz CT molecular complexity index is 357. The fourth-order valence-electron chi connectivity index (χ4n) is 5.78. The Morgan fingerprint density at radius 3 is 2.16 bits per heavy atom. The van der Waals surface area contributed by atoms with Crippen LogP contribution in [0.15, 0.2) is 0 Å². The molecule has 0 radical (unpaired) electrons. The Balaban J connectivity index is 1.47. The van der Waals surface area contributed by atoms with Crippen molar-refractivity contribution < 1.29 is 4.79 Å². The second-order valence-corrected chi connectivity index (χ2v) is 7.92. The maximum atomic E-state index is 12.8. The Hall–Kier alpha value is -0.570. The van der Waals surface area contributed by atoms with Crippen LogP contribution < -0.4 is 5.32 Å². The summed E-state index contributed by atoms with van der Waals surface area (Å²) in [6, 6.07) is 0.408. The minimum absolute atomic E-state index is 0.0376. The third-order valence-corrected chi connectivity index (χ3v) is 6.25. The Morgan fingerprint density at radius 2 is 1.68 bits per heavy atom. The van der Waals surface area contributed by atoms with E-state index >= 15 is 0 Å². The van der Waals surface area contributed by atoms with Crippen LogP contribution in [0.1, 0.15) is 44.9 Å². The average Bonchev–Trinajstić information content (AvgIpc) is 2.73. The van der Waals surface area contributed by atoms with E-state index in [1.807, 2.05) is 0 Å². The van der Waals surface area contributed by atoms with Crippen molar-refractivity contribution in [1.82, 2.24) is 10.2 Å². The lowest BCUT2D eigenvalue weighted by Gasteiger charge is -2.55. The molecule has 1 N–H and O–H groups in total. The van der Waals surface area contributed by atoms with Gasteiger partial charge < -0.3 is 10.2 Å². The monoisotopic (exact) mass is 262 g/mol. The Labute approximate surface area is 116 Å². The van der Waals surface area contributed by atoms with E-state index in [1.165, 1.54) is 38.5 Å². The highest BCUT2D eigenvalue weighted by Crippen LogP contribution is 2.60. The fourth-order valence-corrected chi connectivity index (χ4v) is 5.78. The molecule has 1 unspecified atom stereocenters. The zero-order valence-electron chi connectivity index (χ0n) is 12.0. The molecule has 0 aromatic rings. The molecule has 3 heteroatoms. The maximum Gasteiger partial charge on any atom is 0.226 e. The molecule has 4 aliphatic carbocycles. The van der Waals surface area contributed by atoms with Crippen molar-refractivity contribution in [1.29, 1.82) is 0 Å². The number of rotatable bonds is 2. The number of nitrogens with zero attached hydrogens (tertiary/aromatic N) is 1. The van der Waals surface area contributed by atoms with Crippen molar-refractivity contribution in [3.8, 4) is 0 Å². The number of likely N-dealkylation sites (N-methyl/N-ethyl adjacent to an activating group) is 1. The first-order valence-corrected chi connectivity index (χ1v) is 8.12. The predicted molar refractivity (Wildman–Crippen MR) is 74.6 cm³/mol. The van der Waals surface area contributed by atoms with Gasteiger partial charge in [-0.1, -0.05) is 0 Å². The summed E-state index contributed by atoms with van der Waals surface area (Å²) in [5, 5.41) is 3.39. The van der Waals surface area contributed by atoms with Crippen LogP contribution in [0.4, 0.5) is 0 Å². The van der Waals surface area contributed by atoms with Gasteiger partial charge in [0.05, 0.1) is 0 Å². The molecule has 0 aromatic carbocycles. The molecular weight excluding hydrogens is 236 g/mol. The van der Waals surface area contributed by atoms with Crippen LogP contribution in [0.5, 0.6) is 0 Å². The first kappa shape index (κ1) is 12.2. The van der Waals surface area contributed by atoms with E-state index in [0.29, 0.717) is 11.9 Å². The van der Waals surface area contributed by atoms with Gasteiger partial charge in [-0.25, -0.2) is 0 Å². The van der Waals surface area contributed by atoms with E-state index in [2.05, 4.69) is 17.3 Å². The summed E-state index contributed by atoms with van der Waals surface area (Å²) >= 11 is 0. The summed E-state index contributed by atoms with van der Waals surface area (Å²) in [5.74, 6) is 3.00. The van der Waals surface area contributed by atoms with Gasteiger partial charge in [0.2, 0.25) is 5.91 Å². The van der Waals surface area contributed by atoms with E-state index in [4.69, 9.17) is 0 Å². The Kier molecular flexibility index (Phi) is 2.70. The van der Waals surface area contributed by atoms with Crippen molar-refractivity contribution in [2.45, 2.75) is 51.0 Å². The van der Waals surface area contributed by atoms with Crippen LogP contribution in [-0.4, -0.2) is 37.0 Å². The molecule has 5 rings (SSSR count). The topological polar surface area (TPSA) is 32.3 Å². The van der Waals surface area contributed by atoms with E-state index in [-0.39, 0.29) is 5.41 Å². The van der Waals surface area contributed by atoms with Crippen LogP contribution >= 0.6 is 0 Å².